The number of halogens is 2. The first-order valence-electron chi connectivity index (χ1n) is 7.56. The minimum atomic E-state index is -0.175. The number of hydrogen-bond donors (Lipinski definition) is 2. The van der Waals surface area contributed by atoms with Crippen molar-refractivity contribution in [1.29, 1.82) is 0 Å². The Morgan fingerprint density at radius 3 is 2.32 bits per heavy atom. The molecule has 0 atom stereocenters. The number of alkyl halides is 2. The predicted molar refractivity (Wildman–Crippen MR) is 105 cm³/mol. The van der Waals surface area contributed by atoms with Crippen LogP contribution in [-0.2, 0) is 6.42 Å². The van der Waals surface area contributed by atoms with Crippen LogP contribution in [0.4, 0.5) is 14.5 Å². The molecule has 0 aliphatic heterocycles. The first-order chi connectivity index (χ1) is 11.7. The van der Waals surface area contributed by atoms with Crippen molar-refractivity contribution in [1.82, 2.24) is 9.97 Å². The highest BCUT2D eigenvalue weighted by atomic mass is 19.1. The molecule has 0 aromatic carbocycles. The molecule has 0 saturated carbocycles. The van der Waals surface area contributed by atoms with E-state index in [4.69, 9.17) is 0 Å². The van der Waals surface area contributed by atoms with Crippen molar-refractivity contribution in [2.75, 3.05) is 19.7 Å². The molecule has 2 rings (SSSR count). The molecule has 2 heterocycles. The fourth-order valence-corrected chi connectivity index (χ4v) is 1.75. The normalized spacial score (nSPS) is 7.96. The van der Waals surface area contributed by atoms with Gasteiger partial charge in [-0.1, -0.05) is 40.9 Å². The van der Waals surface area contributed by atoms with E-state index >= 15 is 0 Å². The fourth-order valence-electron chi connectivity index (χ4n) is 1.75. The zero-order valence-corrected chi connectivity index (χ0v) is 15.0. The van der Waals surface area contributed by atoms with Crippen molar-refractivity contribution in [2.45, 2.75) is 34.6 Å². The summed E-state index contributed by atoms with van der Waals surface area (Å²) in [6.07, 6.45) is 5.85. The SMILES string of the molecule is C.C=Cc1cc(C(=O)Nc2cccnc2)[nH]c1CC.CC.CF.CF. The van der Waals surface area contributed by atoms with E-state index < -0.39 is 0 Å². The fraction of sp³-hybridized carbons (Fsp3) is 0.368. The van der Waals surface area contributed by atoms with Gasteiger partial charge >= 0.3 is 0 Å². The van der Waals surface area contributed by atoms with Gasteiger partial charge < -0.3 is 10.3 Å². The molecular weight excluding hydrogens is 324 g/mol. The van der Waals surface area contributed by atoms with Crippen LogP contribution in [0.3, 0.4) is 0 Å². The van der Waals surface area contributed by atoms with Crippen LogP contribution in [-0.4, -0.2) is 30.2 Å². The highest BCUT2D eigenvalue weighted by Gasteiger charge is 2.11. The molecule has 25 heavy (non-hydrogen) atoms. The quantitative estimate of drug-likeness (QED) is 0.739. The van der Waals surface area contributed by atoms with Crippen LogP contribution in [0.25, 0.3) is 6.08 Å². The molecule has 2 aromatic heterocycles. The van der Waals surface area contributed by atoms with Crippen LogP contribution >= 0.6 is 0 Å². The molecule has 6 heteroatoms. The molecule has 0 saturated heterocycles. The van der Waals surface area contributed by atoms with Crippen molar-refractivity contribution in [3.8, 4) is 0 Å². The van der Waals surface area contributed by atoms with Gasteiger partial charge in [-0.05, 0) is 30.2 Å². The standard InChI is InChI=1S/C14H15N3O.C2H6.2CH3F.CH4/c1-3-10-8-13(17-12(10)4-2)14(18)16-11-6-5-7-15-9-11;3*1-2;/h3,5-9,17H,1,4H2,2H3,(H,16,18);1-2H3;2*1H3;1H4. The van der Waals surface area contributed by atoms with Gasteiger partial charge in [-0.15, -0.1) is 0 Å². The Balaban J connectivity index is -0.000000626. The lowest BCUT2D eigenvalue weighted by Crippen LogP contribution is -2.12. The summed E-state index contributed by atoms with van der Waals surface area (Å²) >= 11 is 0. The maximum atomic E-state index is 12.0. The monoisotopic (exact) mass is 355 g/mol. The number of nitrogens with zero attached hydrogens (tertiary/aromatic N) is 1. The van der Waals surface area contributed by atoms with Crippen LogP contribution in [0.15, 0.2) is 37.2 Å². The number of H-pyrrole nitrogens is 1. The Morgan fingerprint density at radius 1 is 1.32 bits per heavy atom. The number of rotatable bonds is 4. The number of anilines is 1. The van der Waals surface area contributed by atoms with Gasteiger partial charge in [-0.2, -0.15) is 0 Å². The van der Waals surface area contributed by atoms with Crippen molar-refractivity contribution in [3.63, 3.8) is 0 Å². The number of nitrogens with one attached hydrogen (secondary N) is 2. The highest BCUT2D eigenvalue weighted by molar-refractivity contribution is 6.03. The minimum Gasteiger partial charge on any atom is -0.354 e. The summed E-state index contributed by atoms with van der Waals surface area (Å²) in [4.78, 5) is 19.1. The van der Waals surface area contributed by atoms with Gasteiger partial charge in [0.05, 0.1) is 26.2 Å². The number of aromatic amines is 1. The maximum Gasteiger partial charge on any atom is 0.272 e. The first-order valence-corrected chi connectivity index (χ1v) is 7.56. The van der Waals surface area contributed by atoms with Gasteiger partial charge in [0.15, 0.2) is 0 Å². The third-order valence-corrected chi connectivity index (χ3v) is 2.67. The highest BCUT2D eigenvalue weighted by Crippen LogP contribution is 2.14. The van der Waals surface area contributed by atoms with E-state index in [1.54, 1.807) is 36.7 Å². The Hall–Kier alpha value is -2.50. The molecule has 0 fully saturated rings. The third kappa shape index (κ3) is 9.39. The summed E-state index contributed by atoms with van der Waals surface area (Å²) in [5.74, 6) is -0.175. The molecule has 142 valence electrons. The van der Waals surface area contributed by atoms with E-state index in [0.29, 0.717) is 25.7 Å². The van der Waals surface area contributed by atoms with E-state index in [1.165, 1.54) is 0 Å². The molecule has 0 aliphatic carbocycles. The second-order valence-corrected chi connectivity index (χ2v) is 3.87. The minimum absolute atomic E-state index is 0. The Bertz CT molecular complexity index is 569. The Kier molecular flexibility index (Phi) is 19.5. The summed E-state index contributed by atoms with van der Waals surface area (Å²) in [6, 6.07) is 5.37. The topological polar surface area (TPSA) is 57.8 Å². The summed E-state index contributed by atoms with van der Waals surface area (Å²) in [5.41, 5.74) is 3.19. The summed E-state index contributed by atoms with van der Waals surface area (Å²) in [6.45, 7) is 9.76. The lowest BCUT2D eigenvalue weighted by atomic mass is 10.2. The van der Waals surface area contributed by atoms with E-state index in [2.05, 4.69) is 21.9 Å². The van der Waals surface area contributed by atoms with Gasteiger partial charge in [-0.25, -0.2) is 0 Å². The van der Waals surface area contributed by atoms with Crippen molar-refractivity contribution in [3.05, 3.63) is 54.1 Å². The maximum absolute atomic E-state index is 12.0. The molecule has 0 radical (unpaired) electrons. The van der Waals surface area contributed by atoms with Crippen LogP contribution in [0.1, 0.15) is 49.9 Å². The molecule has 0 spiro atoms. The number of carbonyl (C=O) groups is 1. The number of carbonyl (C=O) groups excluding carboxylic acids is 1. The van der Waals surface area contributed by atoms with Gasteiger partial charge in [-0.3, -0.25) is 18.6 Å². The predicted octanol–water partition coefficient (Wildman–Crippen LogP) is 5.70. The number of pyridine rings is 1. The largest absolute Gasteiger partial charge is 0.354 e. The average molecular weight is 355 g/mol. The van der Waals surface area contributed by atoms with Crippen LogP contribution in [0, 0.1) is 0 Å². The zero-order valence-electron chi connectivity index (χ0n) is 15.0. The second kappa shape index (κ2) is 17.8. The smallest absolute Gasteiger partial charge is 0.272 e. The second-order valence-electron chi connectivity index (χ2n) is 3.87. The molecule has 2 aromatic rings. The van der Waals surface area contributed by atoms with Gasteiger partial charge in [0.2, 0.25) is 0 Å². The lowest BCUT2D eigenvalue weighted by molar-refractivity contribution is 0.102. The molecule has 0 aliphatic rings. The number of aryl methyl sites for hydroxylation is 1. The zero-order chi connectivity index (χ0) is 19.0. The van der Waals surface area contributed by atoms with Gasteiger partial charge in [0, 0.05) is 11.9 Å². The molecular formula is C19H31F2N3O. The molecule has 4 nitrogen and oxygen atoms in total. The van der Waals surface area contributed by atoms with Crippen LogP contribution in [0.5, 0.6) is 0 Å². The number of amides is 1. The summed E-state index contributed by atoms with van der Waals surface area (Å²) < 4.78 is 19.0. The molecule has 1 amide bonds. The summed E-state index contributed by atoms with van der Waals surface area (Å²) in [7, 11) is 1.00. The van der Waals surface area contributed by atoms with Gasteiger partial charge in [0.25, 0.3) is 5.91 Å². The van der Waals surface area contributed by atoms with E-state index in [0.717, 1.165) is 17.7 Å². The van der Waals surface area contributed by atoms with Crippen LogP contribution < -0.4 is 5.32 Å². The number of aromatic nitrogens is 2. The average Bonchev–Trinajstić information content (AvgIpc) is 3.11. The first kappa shape index (κ1) is 27.4. The molecule has 2 N–H and O–H groups in total. The summed E-state index contributed by atoms with van der Waals surface area (Å²) in [5, 5.41) is 2.78. The molecule has 0 bridgehead atoms. The number of hydrogen-bond acceptors (Lipinski definition) is 2. The van der Waals surface area contributed by atoms with E-state index in [1.807, 2.05) is 20.8 Å². The molecule has 0 unspecified atom stereocenters. The van der Waals surface area contributed by atoms with Crippen molar-refractivity contribution < 1.29 is 13.6 Å². The van der Waals surface area contributed by atoms with E-state index in [-0.39, 0.29) is 13.3 Å². The Morgan fingerprint density at radius 2 is 1.92 bits per heavy atom. The van der Waals surface area contributed by atoms with E-state index in [9.17, 15) is 13.6 Å². The third-order valence-electron chi connectivity index (χ3n) is 2.67. The van der Waals surface area contributed by atoms with Crippen LogP contribution in [0.2, 0.25) is 0 Å². The lowest BCUT2D eigenvalue weighted by Gasteiger charge is -2.02. The van der Waals surface area contributed by atoms with Gasteiger partial charge in [0.1, 0.15) is 5.69 Å². The van der Waals surface area contributed by atoms with Crippen molar-refractivity contribution >= 4 is 17.7 Å². The Labute approximate surface area is 150 Å². The van der Waals surface area contributed by atoms with Crippen molar-refractivity contribution in [2.24, 2.45) is 0 Å².